The highest BCUT2D eigenvalue weighted by Crippen LogP contribution is 2.30. The van der Waals surface area contributed by atoms with Crippen LogP contribution < -0.4 is 0 Å². The smallest absolute Gasteiger partial charge is 0.325 e. The van der Waals surface area contributed by atoms with Crippen LogP contribution in [0.4, 0.5) is 0 Å². The van der Waals surface area contributed by atoms with E-state index >= 15 is 0 Å². The van der Waals surface area contributed by atoms with Gasteiger partial charge in [-0.1, -0.05) is 35.4 Å². The van der Waals surface area contributed by atoms with Crippen molar-refractivity contribution in [1.29, 1.82) is 0 Å². The molecule has 0 aliphatic carbocycles. The molecule has 2 heterocycles. The number of nitrogens with zero attached hydrogens (tertiary/aromatic N) is 3. The molecule has 0 amide bonds. The van der Waals surface area contributed by atoms with Gasteiger partial charge in [-0.15, -0.1) is 0 Å². The SMILES string of the molecule is Cc1ccc(Cl)c([C@H](C(=O)O)N2CCN(Cc3cccnc3)CC2)c1. The van der Waals surface area contributed by atoms with Gasteiger partial charge in [0.1, 0.15) is 6.04 Å². The summed E-state index contributed by atoms with van der Waals surface area (Å²) in [7, 11) is 0. The summed E-state index contributed by atoms with van der Waals surface area (Å²) in [5.41, 5.74) is 2.86. The molecule has 25 heavy (non-hydrogen) atoms. The van der Waals surface area contributed by atoms with Crippen molar-refractivity contribution in [3.8, 4) is 0 Å². The van der Waals surface area contributed by atoms with Crippen LogP contribution in [0.25, 0.3) is 0 Å². The van der Waals surface area contributed by atoms with Crippen molar-refractivity contribution in [2.45, 2.75) is 19.5 Å². The van der Waals surface area contributed by atoms with E-state index in [1.54, 1.807) is 12.3 Å². The molecule has 0 spiro atoms. The third-order valence-electron chi connectivity index (χ3n) is 4.58. The zero-order chi connectivity index (χ0) is 17.8. The average molecular weight is 360 g/mol. The maximum absolute atomic E-state index is 11.9. The predicted octanol–water partition coefficient (Wildman–Crippen LogP) is 2.99. The first-order valence-electron chi connectivity index (χ1n) is 8.39. The fourth-order valence-corrected chi connectivity index (χ4v) is 3.51. The van der Waals surface area contributed by atoms with Gasteiger partial charge in [0.25, 0.3) is 0 Å². The largest absolute Gasteiger partial charge is 0.480 e. The summed E-state index contributed by atoms with van der Waals surface area (Å²) in [6.45, 7) is 5.82. The number of pyridine rings is 1. The average Bonchev–Trinajstić information content (AvgIpc) is 2.60. The van der Waals surface area contributed by atoms with Crippen molar-refractivity contribution in [1.82, 2.24) is 14.8 Å². The lowest BCUT2D eigenvalue weighted by Crippen LogP contribution is -2.48. The van der Waals surface area contributed by atoms with Gasteiger partial charge < -0.3 is 5.11 Å². The zero-order valence-electron chi connectivity index (χ0n) is 14.2. The fourth-order valence-electron chi connectivity index (χ4n) is 3.29. The number of carboxylic acids is 1. The van der Waals surface area contributed by atoms with E-state index in [2.05, 4.69) is 16.0 Å². The van der Waals surface area contributed by atoms with Crippen molar-refractivity contribution in [2.24, 2.45) is 0 Å². The second kappa shape index (κ2) is 7.95. The molecule has 3 rings (SSSR count). The molecule has 5 nitrogen and oxygen atoms in total. The Bertz CT molecular complexity index is 731. The van der Waals surface area contributed by atoms with Gasteiger partial charge in [-0.3, -0.25) is 19.6 Å². The molecule has 0 bridgehead atoms. The standard InChI is InChI=1S/C19H22ClN3O2/c1-14-4-5-17(20)16(11-14)18(19(24)25)23-9-7-22(8-10-23)13-15-3-2-6-21-12-15/h2-6,11-12,18H,7-10,13H2,1H3,(H,24,25)/t18-/m1/s1. The van der Waals surface area contributed by atoms with Crippen LogP contribution in [0.5, 0.6) is 0 Å². The van der Waals surface area contributed by atoms with Crippen LogP contribution in [0, 0.1) is 6.92 Å². The highest BCUT2D eigenvalue weighted by atomic mass is 35.5. The van der Waals surface area contributed by atoms with E-state index < -0.39 is 12.0 Å². The third kappa shape index (κ3) is 4.37. The number of carbonyl (C=O) groups is 1. The van der Waals surface area contributed by atoms with E-state index in [0.29, 0.717) is 23.7 Å². The molecule has 1 aromatic heterocycles. The van der Waals surface area contributed by atoms with Gasteiger partial charge >= 0.3 is 5.97 Å². The Morgan fingerprint density at radius 3 is 2.68 bits per heavy atom. The molecule has 1 aliphatic heterocycles. The van der Waals surface area contributed by atoms with Gasteiger partial charge in [0.15, 0.2) is 0 Å². The fraction of sp³-hybridized carbons (Fsp3) is 0.368. The number of piperazine rings is 1. The normalized spacial score (nSPS) is 17.4. The minimum atomic E-state index is -0.854. The monoisotopic (exact) mass is 359 g/mol. The summed E-state index contributed by atoms with van der Waals surface area (Å²) in [6, 6.07) is 8.85. The number of hydrogen-bond donors (Lipinski definition) is 1. The Balaban J connectivity index is 1.69. The summed E-state index contributed by atoms with van der Waals surface area (Å²) >= 11 is 6.28. The second-order valence-corrected chi connectivity index (χ2v) is 6.85. The molecule has 1 fully saturated rings. The van der Waals surface area contributed by atoms with Crippen LogP contribution in [-0.4, -0.2) is 52.0 Å². The first-order chi connectivity index (χ1) is 12.0. The number of rotatable bonds is 5. The van der Waals surface area contributed by atoms with Crippen LogP contribution in [0.15, 0.2) is 42.7 Å². The summed E-state index contributed by atoms with van der Waals surface area (Å²) in [5, 5.41) is 10.3. The Kier molecular flexibility index (Phi) is 5.68. The minimum absolute atomic E-state index is 0.510. The number of halogens is 1. The van der Waals surface area contributed by atoms with E-state index in [0.717, 1.165) is 25.2 Å². The Hall–Kier alpha value is -1.95. The highest BCUT2D eigenvalue weighted by Gasteiger charge is 2.31. The van der Waals surface area contributed by atoms with Gasteiger partial charge in [0.05, 0.1) is 0 Å². The quantitative estimate of drug-likeness (QED) is 0.889. The lowest BCUT2D eigenvalue weighted by atomic mass is 10.0. The Morgan fingerprint density at radius 2 is 2.04 bits per heavy atom. The zero-order valence-corrected chi connectivity index (χ0v) is 15.0. The number of aromatic nitrogens is 1. The Labute approximate surface area is 152 Å². The predicted molar refractivity (Wildman–Crippen MR) is 97.7 cm³/mol. The number of benzene rings is 1. The van der Waals surface area contributed by atoms with Crippen LogP contribution in [0.2, 0.25) is 5.02 Å². The molecule has 0 unspecified atom stereocenters. The van der Waals surface area contributed by atoms with Gasteiger partial charge in [-0.25, -0.2) is 0 Å². The van der Waals surface area contributed by atoms with E-state index in [9.17, 15) is 9.90 Å². The highest BCUT2D eigenvalue weighted by molar-refractivity contribution is 6.31. The molecule has 0 radical (unpaired) electrons. The molecular weight excluding hydrogens is 338 g/mol. The Morgan fingerprint density at radius 1 is 1.28 bits per heavy atom. The van der Waals surface area contributed by atoms with E-state index in [4.69, 9.17) is 11.6 Å². The summed E-state index contributed by atoms with van der Waals surface area (Å²) in [5.74, 6) is -0.854. The van der Waals surface area contributed by atoms with E-state index in [1.165, 1.54) is 5.56 Å². The molecular formula is C19H22ClN3O2. The summed E-state index contributed by atoms with van der Waals surface area (Å²) < 4.78 is 0. The molecule has 132 valence electrons. The van der Waals surface area contributed by atoms with Crippen molar-refractivity contribution in [2.75, 3.05) is 26.2 Å². The van der Waals surface area contributed by atoms with Crippen LogP contribution in [0.1, 0.15) is 22.7 Å². The number of hydrogen-bond acceptors (Lipinski definition) is 4. The second-order valence-electron chi connectivity index (χ2n) is 6.44. The van der Waals surface area contributed by atoms with Crippen molar-refractivity contribution in [3.63, 3.8) is 0 Å². The maximum atomic E-state index is 11.9. The van der Waals surface area contributed by atoms with Gasteiger partial charge in [-0.2, -0.15) is 0 Å². The molecule has 1 aromatic carbocycles. The van der Waals surface area contributed by atoms with Crippen molar-refractivity contribution < 1.29 is 9.90 Å². The third-order valence-corrected chi connectivity index (χ3v) is 4.93. The lowest BCUT2D eigenvalue weighted by Gasteiger charge is -2.38. The van der Waals surface area contributed by atoms with Crippen molar-refractivity contribution in [3.05, 3.63) is 64.4 Å². The van der Waals surface area contributed by atoms with E-state index in [-0.39, 0.29) is 0 Å². The number of aryl methyl sites for hydroxylation is 1. The minimum Gasteiger partial charge on any atom is -0.480 e. The molecule has 2 aromatic rings. The van der Waals surface area contributed by atoms with Crippen LogP contribution >= 0.6 is 11.6 Å². The first-order valence-corrected chi connectivity index (χ1v) is 8.76. The van der Waals surface area contributed by atoms with Crippen LogP contribution in [-0.2, 0) is 11.3 Å². The topological polar surface area (TPSA) is 56.7 Å². The maximum Gasteiger partial charge on any atom is 0.325 e. The molecule has 1 aliphatic rings. The van der Waals surface area contributed by atoms with Crippen molar-refractivity contribution >= 4 is 17.6 Å². The summed E-state index contributed by atoms with van der Waals surface area (Å²) in [4.78, 5) is 20.4. The van der Waals surface area contributed by atoms with Gasteiger partial charge in [-0.05, 0) is 30.2 Å². The van der Waals surface area contributed by atoms with Crippen LogP contribution in [0.3, 0.4) is 0 Å². The lowest BCUT2D eigenvalue weighted by molar-refractivity contribution is -0.144. The van der Waals surface area contributed by atoms with Gasteiger partial charge in [0, 0.05) is 50.1 Å². The molecule has 6 heteroatoms. The molecule has 1 saturated heterocycles. The molecule has 1 atom stereocenters. The van der Waals surface area contributed by atoms with E-state index in [1.807, 2.05) is 36.2 Å². The molecule has 0 saturated carbocycles. The number of carboxylic acid groups (broad SMARTS) is 1. The molecule has 1 N–H and O–H groups in total. The summed E-state index contributed by atoms with van der Waals surface area (Å²) in [6.07, 6.45) is 3.64. The van der Waals surface area contributed by atoms with Gasteiger partial charge in [0.2, 0.25) is 0 Å². The first kappa shape index (κ1) is 17.9. The number of aliphatic carboxylic acids is 1.